The molecule has 0 bridgehead atoms. The van der Waals surface area contributed by atoms with Crippen LogP contribution in [0, 0.1) is 13.8 Å². The zero-order valence-corrected chi connectivity index (χ0v) is 15.2. The predicted molar refractivity (Wildman–Crippen MR) is 101 cm³/mol. The highest BCUT2D eigenvalue weighted by atomic mass is 32.1. The Kier molecular flexibility index (Phi) is 4.00. The van der Waals surface area contributed by atoms with Crippen molar-refractivity contribution < 1.29 is 14.1 Å². The molecule has 1 aliphatic rings. The molecule has 0 saturated heterocycles. The molecule has 0 radical (unpaired) electrons. The van der Waals surface area contributed by atoms with Gasteiger partial charge in [-0.3, -0.25) is 9.69 Å². The molecule has 2 N–H and O–H groups in total. The molecule has 1 aliphatic heterocycles. The lowest BCUT2D eigenvalue weighted by atomic mass is 10.1. The second kappa shape index (κ2) is 6.34. The molecule has 0 aliphatic carbocycles. The van der Waals surface area contributed by atoms with Crippen LogP contribution in [0.25, 0.3) is 6.08 Å². The van der Waals surface area contributed by atoms with E-state index < -0.39 is 0 Å². The summed E-state index contributed by atoms with van der Waals surface area (Å²) < 4.78 is 11.1. The molecule has 0 fully saturated rings. The van der Waals surface area contributed by atoms with Crippen molar-refractivity contribution in [2.24, 2.45) is 0 Å². The molecule has 2 aromatic heterocycles. The van der Waals surface area contributed by atoms with Gasteiger partial charge in [0.1, 0.15) is 5.76 Å². The largest absolute Gasteiger partial charge is 0.449 e. The summed E-state index contributed by atoms with van der Waals surface area (Å²) >= 11 is 1.54. The third kappa shape index (κ3) is 2.86. The zero-order valence-electron chi connectivity index (χ0n) is 14.4. The topological polar surface area (TPSA) is 81.6 Å². The fourth-order valence-electron chi connectivity index (χ4n) is 2.88. The van der Waals surface area contributed by atoms with E-state index in [1.807, 2.05) is 31.4 Å². The van der Waals surface area contributed by atoms with E-state index in [2.05, 4.69) is 5.16 Å². The monoisotopic (exact) mass is 367 g/mol. The van der Waals surface area contributed by atoms with Gasteiger partial charge in [0.05, 0.1) is 17.9 Å². The molecule has 3 aromatic rings. The normalized spacial score (nSPS) is 15.2. The van der Waals surface area contributed by atoms with Gasteiger partial charge in [0, 0.05) is 28.3 Å². The van der Waals surface area contributed by atoms with Crippen LogP contribution >= 0.6 is 11.3 Å². The van der Waals surface area contributed by atoms with Gasteiger partial charge in [0.2, 0.25) is 0 Å². The van der Waals surface area contributed by atoms with Gasteiger partial charge in [-0.15, -0.1) is 11.3 Å². The van der Waals surface area contributed by atoms with E-state index in [4.69, 9.17) is 15.0 Å². The second-order valence-electron chi connectivity index (χ2n) is 6.05. The van der Waals surface area contributed by atoms with Gasteiger partial charge >= 0.3 is 0 Å². The molecular formula is C19H17N3O3S. The highest BCUT2D eigenvalue weighted by molar-refractivity contribution is 7.10. The van der Waals surface area contributed by atoms with Crippen molar-refractivity contribution in [3.63, 3.8) is 0 Å². The lowest BCUT2D eigenvalue weighted by Crippen LogP contribution is -2.37. The number of amides is 1. The van der Waals surface area contributed by atoms with E-state index in [-0.39, 0.29) is 11.7 Å². The average Bonchev–Trinajstić information content (AvgIpc) is 3.23. The van der Waals surface area contributed by atoms with Crippen LogP contribution in [0.1, 0.15) is 21.9 Å². The van der Waals surface area contributed by atoms with Crippen LogP contribution in [-0.2, 0) is 11.3 Å². The van der Waals surface area contributed by atoms with E-state index in [0.717, 1.165) is 16.1 Å². The van der Waals surface area contributed by atoms with Crippen LogP contribution in [0.15, 0.2) is 46.0 Å². The minimum absolute atomic E-state index is 0.212. The standard InChI is InChI=1S/C19H17N3O3S/c1-11-15(12(2)25-21-11)10-22-16-6-5-13(20)8-17(16)24-18(19(22)23)9-14-4-3-7-26-14/h3-9H,10,20H2,1-2H3/b18-9+. The van der Waals surface area contributed by atoms with Crippen LogP contribution in [0.2, 0.25) is 0 Å². The first-order valence-electron chi connectivity index (χ1n) is 8.09. The molecule has 0 saturated carbocycles. The van der Waals surface area contributed by atoms with Gasteiger partial charge in [0.15, 0.2) is 11.5 Å². The quantitative estimate of drug-likeness (QED) is 0.561. The third-order valence-corrected chi connectivity index (χ3v) is 5.08. The van der Waals surface area contributed by atoms with Crippen molar-refractivity contribution >= 4 is 34.7 Å². The fraction of sp³-hybridized carbons (Fsp3) is 0.158. The van der Waals surface area contributed by atoms with Crippen LogP contribution in [0.4, 0.5) is 11.4 Å². The maximum Gasteiger partial charge on any atom is 0.294 e. The summed E-state index contributed by atoms with van der Waals surface area (Å²) in [5.41, 5.74) is 8.80. The maximum atomic E-state index is 13.1. The summed E-state index contributed by atoms with van der Waals surface area (Å²) in [6.07, 6.45) is 1.75. The summed E-state index contributed by atoms with van der Waals surface area (Å²) in [6, 6.07) is 9.14. The Morgan fingerprint density at radius 1 is 1.31 bits per heavy atom. The highest BCUT2D eigenvalue weighted by Gasteiger charge is 2.32. The lowest BCUT2D eigenvalue weighted by molar-refractivity contribution is -0.117. The lowest BCUT2D eigenvalue weighted by Gasteiger charge is -2.30. The molecule has 4 rings (SSSR count). The number of nitrogens with two attached hydrogens (primary N) is 1. The number of nitrogens with zero attached hydrogens (tertiary/aromatic N) is 2. The van der Waals surface area contributed by atoms with E-state index in [0.29, 0.717) is 29.4 Å². The Bertz CT molecular complexity index is 986. The first-order valence-corrected chi connectivity index (χ1v) is 8.97. The number of rotatable bonds is 3. The molecule has 0 unspecified atom stereocenters. The summed E-state index contributed by atoms with van der Waals surface area (Å²) in [4.78, 5) is 15.7. The Labute approximate surface area is 154 Å². The van der Waals surface area contributed by atoms with Crippen LogP contribution < -0.4 is 15.4 Å². The number of aromatic nitrogens is 1. The molecular weight excluding hydrogens is 350 g/mol. The summed E-state index contributed by atoms with van der Waals surface area (Å²) in [6.45, 7) is 4.05. The minimum atomic E-state index is -0.212. The molecule has 6 nitrogen and oxygen atoms in total. The van der Waals surface area contributed by atoms with Crippen LogP contribution in [0.3, 0.4) is 0 Å². The molecule has 7 heteroatoms. The number of nitrogen functional groups attached to an aromatic ring is 1. The predicted octanol–water partition coefficient (Wildman–Crippen LogP) is 3.90. The number of carbonyl (C=O) groups excluding carboxylic acids is 1. The van der Waals surface area contributed by atoms with E-state index in [1.165, 1.54) is 11.3 Å². The van der Waals surface area contributed by atoms with E-state index in [1.54, 1.807) is 29.2 Å². The number of hydrogen-bond donors (Lipinski definition) is 1. The van der Waals surface area contributed by atoms with Crippen LogP contribution in [-0.4, -0.2) is 11.1 Å². The summed E-state index contributed by atoms with van der Waals surface area (Å²) in [5, 5.41) is 5.93. The summed E-state index contributed by atoms with van der Waals surface area (Å²) in [5.74, 6) is 1.30. The van der Waals surface area contributed by atoms with E-state index in [9.17, 15) is 4.79 Å². The first-order chi connectivity index (χ1) is 12.5. The Hall–Kier alpha value is -3.06. The highest BCUT2D eigenvalue weighted by Crippen LogP contribution is 2.38. The van der Waals surface area contributed by atoms with E-state index >= 15 is 0 Å². The van der Waals surface area contributed by atoms with Crippen molar-refractivity contribution in [1.29, 1.82) is 0 Å². The summed E-state index contributed by atoms with van der Waals surface area (Å²) in [7, 11) is 0. The molecule has 132 valence electrons. The number of thiophene rings is 1. The Balaban J connectivity index is 1.79. The smallest absolute Gasteiger partial charge is 0.294 e. The van der Waals surface area contributed by atoms with Crippen molar-refractivity contribution in [2.45, 2.75) is 20.4 Å². The third-order valence-electron chi connectivity index (χ3n) is 4.26. The number of benzene rings is 1. The minimum Gasteiger partial charge on any atom is -0.449 e. The first kappa shape index (κ1) is 16.4. The number of carbonyl (C=O) groups is 1. The zero-order chi connectivity index (χ0) is 18.3. The second-order valence-corrected chi connectivity index (χ2v) is 7.03. The molecule has 0 spiro atoms. The number of fused-ring (bicyclic) bond motifs is 1. The molecule has 1 amide bonds. The van der Waals surface area contributed by atoms with Gasteiger partial charge in [0.25, 0.3) is 5.91 Å². The molecule has 1 aromatic carbocycles. The van der Waals surface area contributed by atoms with Gasteiger partial charge in [-0.05, 0) is 37.4 Å². The Morgan fingerprint density at radius 3 is 2.85 bits per heavy atom. The van der Waals surface area contributed by atoms with Crippen LogP contribution in [0.5, 0.6) is 5.75 Å². The molecule has 0 atom stereocenters. The van der Waals surface area contributed by atoms with Gasteiger partial charge in [-0.25, -0.2) is 0 Å². The van der Waals surface area contributed by atoms with Gasteiger partial charge in [-0.1, -0.05) is 11.2 Å². The van der Waals surface area contributed by atoms with Crippen molar-refractivity contribution in [2.75, 3.05) is 10.6 Å². The number of aryl methyl sites for hydroxylation is 2. The average molecular weight is 367 g/mol. The fourth-order valence-corrected chi connectivity index (χ4v) is 3.52. The van der Waals surface area contributed by atoms with Gasteiger partial charge in [-0.2, -0.15) is 0 Å². The Morgan fingerprint density at radius 2 is 2.15 bits per heavy atom. The number of ether oxygens (including phenoxy) is 1. The molecule has 26 heavy (non-hydrogen) atoms. The van der Waals surface area contributed by atoms with Gasteiger partial charge < -0.3 is 15.0 Å². The van der Waals surface area contributed by atoms with Crippen molar-refractivity contribution in [1.82, 2.24) is 5.16 Å². The molecule has 3 heterocycles. The SMILES string of the molecule is Cc1noc(C)c1CN1C(=O)/C(=C\c2cccs2)Oc2cc(N)ccc21. The number of hydrogen-bond acceptors (Lipinski definition) is 6. The number of anilines is 2. The van der Waals surface area contributed by atoms with Crippen molar-refractivity contribution in [3.8, 4) is 5.75 Å². The van der Waals surface area contributed by atoms with Crippen molar-refractivity contribution in [3.05, 3.63) is 63.4 Å². The maximum absolute atomic E-state index is 13.1.